The van der Waals surface area contributed by atoms with Crippen molar-refractivity contribution in [1.82, 2.24) is 4.90 Å². The largest absolute Gasteiger partial charge is 0.488 e. The van der Waals surface area contributed by atoms with Gasteiger partial charge in [0.05, 0.1) is 9.83 Å². The fourth-order valence-corrected chi connectivity index (χ4v) is 3.83. The molecular formula is C20H15FN2O4S2. The molecule has 1 aliphatic rings. The van der Waals surface area contributed by atoms with E-state index in [1.54, 1.807) is 18.2 Å². The topological polar surface area (TPSA) is 72.7 Å². The van der Waals surface area contributed by atoms with Gasteiger partial charge >= 0.3 is 0 Å². The van der Waals surface area contributed by atoms with E-state index in [4.69, 9.17) is 17.0 Å². The molecule has 0 unspecified atom stereocenters. The highest BCUT2D eigenvalue weighted by molar-refractivity contribution is 8.26. The van der Waals surface area contributed by atoms with Crippen LogP contribution < -0.4 is 4.74 Å². The molecule has 0 radical (unpaired) electrons. The van der Waals surface area contributed by atoms with Crippen molar-refractivity contribution < 1.29 is 18.8 Å². The average Bonchev–Trinajstić information content (AvgIpc) is 2.96. The van der Waals surface area contributed by atoms with Gasteiger partial charge in [0.2, 0.25) is 0 Å². The van der Waals surface area contributed by atoms with Crippen LogP contribution in [0.4, 0.5) is 10.1 Å². The van der Waals surface area contributed by atoms with Crippen molar-refractivity contribution in [3.8, 4) is 5.75 Å². The summed E-state index contributed by atoms with van der Waals surface area (Å²) in [5, 5.41) is 11.2. The number of halogens is 1. The molecule has 148 valence electrons. The molecule has 1 heterocycles. The zero-order valence-electron chi connectivity index (χ0n) is 15.0. The van der Waals surface area contributed by atoms with Crippen molar-refractivity contribution in [2.45, 2.75) is 6.61 Å². The SMILES string of the molecule is C=CCN1C(=O)C(=Cc2cc([N+](=O)[O-])ccc2OCc2ccc(F)cc2)SC1=S. The van der Waals surface area contributed by atoms with E-state index in [9.17, 15) is 19.3 Å². The van der Waals surface area contributed by atoms with Crippen LogP contribution in [0.25, 0.3) is 6.08 Å². The molecular weight excluding hydrogens is 415 g/mol. The van der Waals surface area contributed by atoms with Gasteiger partial charge in [-0.1, -0.05) is 42.2 Å². The monoisotopic (exact) mass is 430 g/mol. The van der Waals surface area contributed by atoms with Crippen LogP contribution in [-0.4, -0.2) is 26.6 Å². The minimum Gasteiger partial charge on any atom is -0.488 e. The van der Waals surface area contributed by atoms with Gasteiger partial charge in [-0.3, -0.25) is 19.8 Å². The number of hydrogen-bond acceptors (Lipinski definition) is 6. The maximum atomic E-state index is 13.0. The van der Waals surface area contributed by atoms with E-state index in [1.165, 1.54) is 41.3 Å². The molecule has 0 N–H and O–H groups in total. The predicted molar refractivity (Wildman–Crippen MR) is 114 cm³/mol. The van der Waals surface area contributed by atoms with Crippen molar-refractivity contribution in [2.75, 3.05) is 6.54 Å². The summed E-state index contributed by atoms with van der Waals surface area (Å²) in [5.41, 5.74) is 0.973. The number of nitro groups is 1. The highest BCUT2D eigenvalue weighted by Crippen LogP contribution is 2.35. The molecule has 2 aromatic rings. The number of ether oxygens (including phenoxy) is 1. The van der Waals surface area contributed by atoms with Gasteiger partial charge in [0, 0.05) is 24.2 Å². The standard InChI is InChI=1S/C20H15FN2O4S2/c1-2-9-22-19(24)18(29-20(22)28)11-14-10-16(23(25)26)7-8-17(14)27-12-13-3-5-15(21)6-4-13/h2-8,10-11H,1,9,12H2. The summed E-state index contributed by atoms with van der Waals surface area (Å²) in [6.45, 7) is 4.02. The second kappa shape index (κ2) is 8.97. The molecule has 6 nitrogen and oxygen atoms in total. The quantitative estimate of drug-likeness (QED) is 0.208. The van der Waals surface area contributed by atoms with Gasteiger partial charge in [-0.2, -0.15) is 0 Å². The van der Waals surface area contributed by atoms with Gasteiger partial charge in [0.1, 0.15) is 22.5 Å². The van der Waals surface area contributed by atoms with E-state index in [-0.39, 0.29) is 30.6 Å². The van der Waals surface area contributed by atoms with Gasteiger partial charge in [0.15, 0.2) is 0 Å². The summed E-state index contributed by atoms with van der Waals surface area (Å²) >= 11 is 6.32. The molecule has 0 spiro atoms. The van der Waals surface area contributed by atoms with E-state index < -0.39 is 4.92 Å². The van der Waals surface area contributed by atoms with Gasteiger partial charge in [0.25, 0.3) is 11.6 Å². The summed E-state index contributed by atoms with van der Waals surface area (Å²) in [4.78, 5) is 24.9. The number of hydrogen-bond donors (Lipinski definition) is 0. The van der Waals surface area contributed by atoms with E-state index >= 15 is 0 Å². The molecule has 0 aromatic heterocycles. The molecule has 0 bridgehead atoms. The number of thiocarbonyl (C=S) groups is 1. The molecule has 1 aliphatic heterocycles. The van der Waals surface area contributed by atoms with Crippen molar-refractivity contribution in [3.63, 3.8) is 0 Å². The van der Waals surface area contributed by atoms with Crippen LogP contribution in [0.3, 0.4) is 0 Å². The molecule has 0 aliphatic carbocycles. The number of amides is 1. The fraction of sp³-hybridized carbons (Fsp3) is 0.100. The van der Waals surface area contributed by atoms with Crippen molar-refractivity contribution in [3.05, 3.63) is 87.1 Å². The Balaban J connectivity index is 1.91. The van der Waals surface area contributed by atoms with Crippen LogP contribution in [0.15, 0.2) is 60.0 Å². The van der Waals surface area contributed by atoms with Crippen LogP contribution in [0.2, 0.25) is 0 Å². The smallest absolute Gasteiger partial charge is 0.270 e. The summed E-state index contributed by atoms with van der Waals surface area (Å²) in [5.74, 6) is -0.295. The van der Waals surface area contributed by atoms with Crippen molar-refractivity contribution in [1.29, 1.82) is 0 Å². The third kappa shape index (κ3) is 4.87. The molecule has 1 fully saturated rings. The number of rotatable bonds is 7. The zero-order chi connectivity index (χ0) is 21.0. The number of benzene rings is 2. The molecule has 1 amide bonds. The van der Waals surface area contributed by atoms with Crippen LogP contribution in [-0.2, 0) is 11.4 Å². The van der Waals surface area contributed by atoms with E-state index in [0.717, 1.165) is 17.3 Å². The van der Waals surface area contributed by atoms with Crippen LogP contribution in [0.5, 0.6) is 5.75 Å². The van der Waals surface area contributed by atoms with Gasteiger partial charge in [-0.15, -0.1) is 6.58 Å². The molecule has 3 rings (SSSR count). The summed E-state index contributed by atoms with van der Waals surface area (Å²) in [6.07, 6.45) is 3.09. The Bertz CT molecular complexity index is 1020. The lowest BCUT2D eigenvalue weighted by atomic mass is 10.1. The Hall–Kier alpha value is -3.04. The highest BCUT2D eigenvalue weighted by Gasteiger charge is 2.31. The molecule has 0 atom stereocenters. The molecule has 2 aromatic carbocycles. The summed E-state index contributed by atoms with van der Waals surface area (Å²) in [7, 11) is 0. The maximum absolute atomic E-state index is 13.0. The second-order valence-corrected chi connectivity index (χ2v) is 7.65. The van der Waals surface area contributed by atoms with Gasteiger partial charge in [-0.05, 0) is 29.8 Å². The fourth-order valence-electron chi connectivity index (χ4n) is 2.56. The van der Waals surface area contributed by atoms with Crippen LogP contribution in [0, 0.1) is 15.9 Å². The normalized spacial score (nSPS) is 15.1. The Morgan fingerprint density at radius 2 is 2.00 bits per heavy atom. The lowest BCUT2D eigenvalue weighted by molar-refractivity contribution is -0.384. The summed E-state index contributed by atoms with van der Waals surface area (Å²) < 4.78 is 19.2. The molecule has 1 saturated heterocycles. The Morgan fingerprint density at radius 3 is 2.66 bits per heavy atom. The highest BCUT2D eigenvalue weighted by atomic mass is 32.2. The van der Waals surface area contributed by atoms with Crippen LogP contribution in [0.1, 0.15) is 11.1 Å². The second-order valence-electron chi connectivity index (χ2n) is 5.98. The molecule has 29 heavy (non-hydrogen) atoms. The van der Waals surface area contributed by atoms with Crippen molar-refractivity contribution in [2.24, 2.45) is 0 Å². The van der Waals surface area contributed by atoms with Gasteiger partial charge in [-0.25, -0.2) is 4.39 Å². The number of non-ortho nitro benzene ring substituents is 1. The summed E-state index contributed by atoms with van der Waals surface area (Å²) in [6, 6.07) is 9.93. The molecule has 0 saturated carbocycles. The Labute approximate surface area is 175 Å². The lowest BCUT2D eigenvalue weighted by Crippen LogP contribution is -2.27. The first kappa shape index (κ1) is 20.7. The number of thioether (sulfide) groups is 1. The minimum atomic E-state index is -0.524. The number of nitrogens with zero attached hydrogens (tertiary/aromatic N) is 2. The third-order valence-corrected chi connectivity index (χ3v) is 5.36. The number of carbonyl (C=O) groups excluding carboxylic acids is 1. The zero-order valence-corrected chi connectivity index (χ0v) is 16.7. The minimum absolute atomic E-state index is 0.132. The first-order chi connectivity index (χ1) is 13.9. The Morgan fingerprint density at radius 1 is 1.28 bits per heavy atom. The van der Waals surface area contributed by atoms with E-state index in [2.05, 4.69) is 6.58 Å². The van der Waals surface area contributed by atoms with E-state index in [0.29, 0.717) is 20.5 Å². The van der Waals surface area contributed by atoms with Crippen LogP contribution >= 0.6 is 24.0 Å². The van der Waals surface area contributed by atoms with E-state index in [1.807, 2.05) is 0 Å². The maximum Gasteiger partial charge on any atom is 0.270 e. The average molecular weight is 430 g/mol. The van der Waals surface area contributed by atoms with Crippen molar-refractivity contribution >= 4 is 46.0 Å². The first-order valence-corrected chi connectivity index (χ1v) is 9.63. The number of carbonyl (C=O) groups is 1. The lowest BCUT2D eigenvalue weighted by Gasteiger charge is -2.11. The predicted octanol–water partition coefficient (Wildman–Crippen LogP) is 4.70. The Kier molecular flexibility index (Phi) is 6.40. The third-order valence-electron chi connectivity index (χ3n) is 3.98. The first-order valence-electron chi connectivity index (χ1n) is 8.41. The van der Waals surface area contributed by atoms with Gasteiger partial charge < -0.3 is 4.74 Å². The molecule has 9 heteroatoms. The number of nitro benzene ring substituents is 1.